The lowest BCUT2D eigenvalue weighted by Gasteiger charge is -2.05. The van der Waals surface area contributed by atoms with Gasteiger partial charge in [-0.05, 0) is 32.3 Å². The molecular weight excluding hydrogens is 290 g/mol. The number of aryl methyl sites for hydroxylation is 1. The van der Waals surface area contributed by atoms with Crippen LogP contribution >= 0.6 is 11.6 Å². The van der Waals surface area contributed by atoms with Gasteiger partial charge < -0.3 is 10.4 Å². The van der Waals surface area contributed by atoms with E-state index in [1.807, 2.05) is 6.92 Å². The molecule has 1 unspecified atom stereocenters. The molecule has 1 aromatic rings. The maximum atomic E-state index is 11.7. The first kappa shape index (κ1) is 17.7. The third-order valence-electron chi connectivity index (χ3n) is 2.91. The number of hydrogen-bond acceptors (Lipinski definition) is 3. The number of amides is 1. The Morgan fingerprint density at radius 1 is 1.48 bits per heavy atom. The van der Waals surface area contributed by atoms with E-state index in [-0.39, 0.29) is 5.91 Å². The lowest BCUT2D eigenvalue weighted by molar-refractivity contribution is -0.116. The van der Waals surface area contributed by atoms with E-state index >= 15 is 0 Å². The Labute approximate surface area is 131 Å². The largest absolute Gasteiger partial charge is 0.393 e. The van der Waals surface area contributed by atoms with Crippen LogP contribution in [0.2, 0.25) is 5.15 Å². The molecule has 6 heteroatoms. The summed E-state index contributed by atoms with van der Waals surface area (Å²) in [7, 11) is 0. The Kier molecular flexibility index (Phi) is 6.92. The predicted molar refractivity (Wildman–Crippen MR) is 85.2 cm³/mol. The summed E-state index contributed by atoms with van der Waals surface area (Å²) in [4.78, 5) is 11.7. The summed E-state index contributed by atoms with van der Waals surface area (Å²) < 4.78 is 1.76. The summed E-state index contributed by atoms with van der Waals surface area (Å²) in [5.41, 5.74) is 1.57. The maximum absolute atomic E-state index is 11.7. The van der Waals surface area contributed by atoms with Crippen LogP contribution in [0.25, 0.3) is 6.08 Å². The van der Waals surface area contributed by atoms with Crippen molar-refractivity contribution >= 4 is 23.6 Å². The number of nitrogens with zero attached hydrogens (tertiary/aromatic N) is 2. The van der Waals surface area contributed by atoms with E-state index in [2.05, 4.69) is 24.3 Å². The minimum Gasteiger partial charge on any atom is -0.393 e. The highest BCUT2D eigenvalue weighted by molar-refractivity contribution is 6.31. The summed E-state index contributed by atoms with van der Waals surface area (Å²) in [6, 6.07) is 0. The van der Waals surface area contributed by atoms with Crippen molar-refractivity contribution in [3.8, 4) is 0 Å². The minimum absolute atomic E-state index is 0.206. The van der Waals surface area contributed by atoms with E-state index in [4.69, 9.17) is 16.7 Å². The fourth-order valence-corrected chi connectivity index (χ4v) is 2.15. The molecule has 1 heterocycles. The topological polar surface area (TPSA) is 67.2 Å². The van der Waals surface area contributed by atoms with Gasteiger partial charge in [0.15, 0.2) is 0 Å². The predicted octanol–water partition coefficient (Wildman–Crippen LogP) is 2.40. The number of aromatic nitrogens is 2. The molecule has 5 nitrogen and oxygen atoms in total. The zero-order valence-electron chi connectivity index (χ0n) is 13.1. The molecule has 21 heavy (non-hydrogen) atoms. The van der Waals surface area contributed by atoms with Crippen LogP contribution in [0.15, 0.2) is 6.08 Å². The highest BCUT2D eigenvalue weighted by Crippen LogP contribution is 2.22. The number of hydrogen-bond donors (Lipinski definition) is 2. The quantitative estimate of drug-likeness (QED) is 0.760. The second kappa shape index (κ2) is 8.20. The molecule has 1 rings (SSSR count). The molecule has 0 fully saturated rings. The smallest absolute Gasteiger partial charge is 0.244 e. The van der Waals surface area contributed by atoms with Crippen molar-refractivity contribution in [3.05, 3.63) is 22.5 Å². The fourth-order valence-electron chi connectivity index (χ4n) is 1.85. The Morgan fingerprint density at radius 2 is 2.14 bits per heavy atom. The van der Waals surface area contributed by atoms with Crippen LogP contribution < -0.4 is 5.32 Å². The second-order valence-electron chi connectivity index (χ2n) is 5.63. The number of carbonyl (C=O) groups is 1. The van der Waals surface area contributed by atoms with Gasteiger partial charge in [-0.15, -0.1) is 0 Å². The first-order valence-corrected chi connectivity index (χ1v) is 7.56. The van der Waals surface area contributed by atoms with Crippen molar-refractivity contribution in [1.82, 2.24) is 15.1 Å². The van der Waals surface area contributed by atoms with Gasteiger partial charge in [0.2, 0.25) is 5.91 Å². The molecular formula is C15H24ClN3O2. The van der Waals surface area contributed by atoms with Gasteiger partial charge in [-0.3, -0.25) is 9.48 Å². The molecule has 0 aromatic carbocycles. The fraction of sp³-hybridized carbons (Fsp3) is 0.600. The first-order chi connectivity index (χ1) is 9.81. The van der Waals surface area contributed by atoms with Crippen molar-refractivity contribution in [2.75, 3.05) is 6.54 Å². The van der Waals surface area contributed by atoms with E-state index in [9.17, 15) is 4.79 Å². The number of nitrogens with one attached hydrogen (secondary N) is 1. The van der Waals surface area contributed by atoms with Crippen molar-refractivity contribution in [2.24, 2.45) is 5.92 Å². The van der Waals surface area contributed by atoms with Gasteiger partial charge in [0.1, 0.15) is 5.15 Å². The molecule has 1 amide bonds. The molecule has 118 valence electrons. The maximum Gasteiger partial charge on any atom is 0.244 e. The molecule has 0 saturated carbocycles. The van der Waals surface area contributed by atoms with Gasteiger partial charge in [0, 0.05) is 24.7 Å². The minimum atomic E-state index is -0.416. The highest BCUT2D eigenvalue weighted by atomic mass is 35.5. The summed E-state index contributed by atoms with van der Waals surface area (Å²) in [5.74, 6) is 0.241. The molecule has 1 atom stereocenters. The van der Waals surface area contributed by atoms with Crippen LogP contribution in [0.5, 0.6) is 0 Å². The van der Waals surface area contributed by atoms with Crippen LogP contribution in [-0.4, -0.2) is 33.4 Å². The van der Waals surface area contributed by atoms with Crippen molar-refractivity contribution in [1.29, 1.82) is 0 Å². The molecule has 0 aliphatic heterocycles. The Bertz CT molecular complexity index is 507. The SMILES string of the molecule is Cc1nn(CC(C)C)c(Cl)c1C=CC(=O)NCCC(C)O. The first-order valence-electron chi connectivity index (χ1n) is 7.18. The van der Waals surface area contributed by atoms with Crippen molar-refractivity contribution < 1.29 is 9.90 Å². The number of halogens is 1. The van der Waals surface area contributed by atoms with E-state index in [0.717, 1.165) is 17.8 Å². The van der Waals surface area contributed by atoms with Crippen LogP contribution in [-0.2, 0) is 11.3 Å². The van der Waals surface area contributed by atoms with Crippen LogP contribution in [0, 0.1) is 12.8 Å². The molecule has 0 aliphatic rings. The Morgan fingerprint density at radius 3 is 2.71 bits per heavy atom. The number of aliphatic hydroxyl groups excluding tert-OH is 1. The molecule has 0 radical (unpaired) electrons. The second-order valence-corrected chi connectivity index (χ2v) is 5.99. The summed E-state index contributed by atoms with van der Waals surface area (Å²) in [6.45, 7) is 8.94. The molecule has 0 spiro atoms. The monoisotopic (exact) mass is 313 g/mol. The summed E-state index contributed by atoms with van der Waals surface area (Å²) >= 11 is 6.29. The zero-order chi connectivity index (χ0) is 16.0. The number of aliphatic hydroxyl groups is 1. The van der Waals surface area contributed by atoms with E-state index in [0.29, 0.717) is 24.0 Å². The normalized spacial score (nSPS) is 13.1. The third kappa shape index (κ3) is 5.89. The molecule has 0 bridgehead atoms. The lowest BCUT2D eigenvalue weighted by Crippen LogP contribution is -2.24. The van der Waals surface area contributed by atoms with Gasteiger partial charge in [-0.1, -0.05) is 25.4 Å². The lowest BCUT2D eigenvalue weighted by atomic mass is 10.2. The van der Waals surface area contributed by atoms with Crippen LogP contribution in [0.1, 0.15) is 38.4 Å². The average molecular weight is 314 g/mol. The molecule has 0 aliphatic carbocycles. The van der Waals surface area contributed by atoms with Crippen LogP contribution in [0.3, 0.4) is 0 Å². The number of rotatable bonds is 7. The molecule has 2 N–H and O–H groups in total. The highest BCUT2D eigenvalue weighted by Gasteiger charge is 2.12. The van der Waals surface area contributed by atoms with Crippen LogP contribution in [0.4, 0.5) is 0 Å². The van der Waals surface area contributed by atoms with Crippen molar-refractivity contribution in [3.63, 3.8) is 0 Å². The van der Waals surface area contributed by atoms with Gasteiger partial charge in [-0.25, -0.2) is 0 Å². The third-order valence-corrected chi connectivity index (χ3v) is 3.31. The van der Waals surface area contributed by atoms with E-state index in [1.54, 1.807) is 17.7 Å². The number of carbonyl (C=O) groups excluding carboxylic acids is 1. The van der Waals surface area contributed by atoms with Gasteiger partial charge >= 0.3 is 0 Å². The standard InChI is InChI=1S/C15H24ClN3O2/c1-10(2)9-19-15(16)13(12(4)18-19)5-6-14(21)17-8-7-11(3)20/h5-6,10-11,20H,7-9H2,1-4H3,(H,17,21). The van der Waals surface area contributed by atoms with Crippen molar-refractivity contribution in [2.45, 2.75) is 46.8 Å². The summed E-state index contributed by atoms with van der Waals surface area (Å²) in [5, 5.41) is 16.8. The molecule has 0 saturated heterocycles. The van der Waals surface area contributed by atoms with E-state index < -0.39 is 6.10 Å². The summed E-state index contributed by atoms with van der Waals surface area (Å²) in [6.07, 6.45) is 3.24. The molecule has 1 aromatic heterocycles. The average Bonchev–Trinajstić information content (AvgIpc) is 2.61. The van der Waals surface area contributed by atoms with Gasteiger partial charge in [0.05, 0.1) is 11.8 Å². The Balaban J connectivity index is 2.67. The van der Waals surface area contributed by atoms with E-state index in [1.165, 1.54) is 6.08 Å². The Hall–Kier alpha value is -1.33. The van der Waals surface area contributed by atoms with Gasteiger partial charge in [-0.2, -0.15) is 5.10 Å². The zero-order valence-corrected chi connectivity index (χ0v) is 13.8. The van der Waals surface area contributed by atoms with Gasteiger partial charge in [0.25, 0.3) is 0 Å².